The van der Waals surface area contributed by atoms with Gasteiger partial charge >= 0.3 is 29.8 Å². The highest BCUT2D eigenvalue weighted by Gasteiger charge is 2.52. The first-order chi connectivity index (χ1) is 20.4. The number of aliphatic hydroxyl groups excluding tert-OH is 1. The molecule has 2 unspecified atom stereocenters. The second kappa shape index (κ2) is 20.8. The molecule has 0 bridgehead atoms. The fraction of sp³-hybridized carbons (Fsp3) is 0.800. The summed E-state index contributed by atoms with van der Waals surface area (Å²) >= 11 is 0. The first kappa shape index (κ1) is 38.0. The Morgan fingerprint density at radius 2 is 1.28 bits per heavy atom. The molecule has 1 aliphatic heterocycles. The molecule has 0 aliphatic carbocycles. The van der Waals surface area contributed by atoms with Gasteiger partial charge in [0.2, 0.25) is 6.10 Å². The van der Waals surface area contributed by atoms with Crippen LogP contribution in [0.5, 0.6) is 0 Å². The second-order valence-electron chi connectivity index (χ2n) is 11.1. The van der Waals surface area contributed by atoms with Crippen molar-refractivity contribution in [2.45, 2.75) is 146 Å². The number of carboxylic acids is 2. The van der Waals surface area contributed by atoms with E-state index in [1.165, 1.54) is 64.2 Å². The number of cyclic esters (lactones) is 1. The zero-order valence-corrected chi connectivity index (χ0v) is 25.1. The van der Waals surface area contributed by atoms with Gasteiger partial charge in [-0.2, -0.15) is 0 Å². The molecule has 4 N–H and O–H groups in total. The van der Waals surface area contributed by atoms with Crippen molar-refractivity contribution in [1.82, 2.24) is 0 Å². The highest BCUT2D eigenvalue weighted by Crippen LogP contribution is 2.24. The van der Waals surface area contributed by atoms with E-state index in [1.807, 2.05) is 0 Å². The van der Waals surface area contributed by atoms with Gasteiger partial charge in [-0.25, -0.2) is 9.59 Å². The number of hydrogen-bond acceptors (Lipinski definition) is 11. The number of ether oxygens (including phenoxy) is 3. The molecule has 0 saturated carbocycles. The average Bonchev–Trinajstić information content (AvgIpc) is 3.21. The van der Waals surface area contributed by atoms with E-state index < -0.39 is 79.0 Å². The minimum absolute atomic E-state index is 0.0344. The maximum Gasteiger partial charge on any atom is 0.379 e. The molecule has 0 radical (unpaired) electrons. The van der Waals surface area contributed by atoms with Gasteiger partial charge in [0.1, 0.15) is 0 Å². The predicted octanol–water partition coefficient (Wildman–Crippen LogP) is 3.24. The van der Waals surface area contributed by atoms with Crippen molar-refractivity contribution in [2.24, 2.45) is 0 Å². The number of rotatable bonds is 25. The third-order valence-electron chi connectivity index (χ3n) is 7.35. The molecule has 246 valence electrons. The molecule has 0 spiro atoms. The van der Waals surface area contributed by atoms with Crippen LogP contribution in [0, 0.1) is 0 Å². The Morgan fingerprint density at radius 1 is 0.791 bits per heavy atom. The van der Waals surface area contributed by atoms with Crippen LogP contribution in [0.1, 0.15) is 122 Å². The lowest BCUT2D eigenvalue weighted by molar-refractivity contribution is -0.182. The molecule has 1 saturated heterocycles. The van der Waals surface area contributed by atoms with Gasteiger partial charge in [0.05, 0.1) is 19.4 Å². The Balaban J connectivity index is 2.39. The van der Waals surface area contributed by atoms with Crippen molar-refractivity contribution in [2.75, 3.05) is 6.61 Å². The number of unbranched alkanes of at least 4 members (excludes halogenated alkanes) is 14. The van der Waals surface area contributed by atoms with Gasteiger partial charge < -0.3 is 34.6 Å². The lowest BCUT2D eigenvalue weighted by atomic mass is 9.96. The summed E-state index contributed by atoms with van der Waals surface area (Å²) in [7, 11) is 0. The standard InChI is InChI=1S/C30H48O13/c1-2-3-4-5-6-7-8-9-10-11-12-13-14-15-16-17-23(34)42-27-25(36)28(37)43-26(27)21(20-31)41-24(35)19-30(40,29(38)39)18-22(32)33/h21,26-27,31,40H,2-20H2,1H3,(H,32,33)(H,38,39)/t21-,26+,27?,30?/m0/s1. The van der Waals surface area contributed by atoms with Crippen molar-refractivity contribution in [3.8, 4) is 0 Å². The number of ketones is 1. The number of carbonyl (C=O) groups is 6. The van der Waals surface area contributed by atoms with E-state index in [9.17, 15) is 39.0 Å². The number of hydrogen-bond donors (Lipinski definition) is 4. The number of aliphatic hydroxyl groups is 2. The van der Waals surface area contributed by atoms with E-state index in [2.05, 4.69) is 6.92 Å². The van der Waals surface area contributed by atoms with Crippen LogP contribution in [0.15, 0.2) is 0 Å². The summed E-state index contributed by atoms with van der Waals surface area (Å²) in [6.07, 6.45) is 9.29. The Labute approximate surface area is 252 Å². The number of esters is 3. The molecule has 13 nitrogen and oxygen atoms in total. The van der Waals surface area contributed by atoms with Gasteiger partial charge in [-0.15, -0.1) is 0 Å². The molecule has 0 aromatic heterocycles. The fourth-order valence-corrected chi connectivity index (χ4v) is 4.86. The fourth-order valence-electron chi connectivity index (χ4n) is 4.86. The number of Topliss-reactive ketones (excluding diaryl/α,β-unsaturated/α-hetero) is 1. The van der Waals surface area contributed by atoms with E-state index in [0.29, 0.717) is 6.42 Å². The maximum absolute atomic E-state index is 12.4. The van der Waals surface area contributed by atoms with Crippen LogP contribution in [0.4, 0.5) is 0 Å². The summed E-state index contributed by atoms with van der Waals surface area (Å²) in [6.45, 7) is 1.20. The summed E-state index contributed by atoms with van der Waals surface area (Å²) in [5.74, 6) is -8.55. The quantitative estimate of drug-likeness (QED) is 0.0503. The van der Waals surface area contributed by atoms with Gasteiger partial charge in [0.25, 0.3) is 5.78 Å². The molecule has 0 aromatic rings. The van der Waals surface area contributed by atoms with Crippen molar-refractivity contribution in [1.29, 1.82) is 0 Å². The number of aliphatic carboxylic acids is 2. The summed E-state index contributed by atoms with van der Waals surface area (Å²) in [4.78, 5) is 70.9. The predicted molar refractivity (Wildman–Crippen MR) is 151 cm³/mol. The monoisotopic (exact) mass is 616 g/mol. The molecule has 1 fully saturated rings. The van der Waals surface area contributed by atoms with E-state index in [1.54, 1.807) is 0 Å². The molecule has 43 heavy (non-hydrogen) atoms. The van der Waals surface area contributed by atoms with Gasteiger partial charge in [0, 0.05) is 6.42 Å². The van der Waals surface area contributed by atoms with Gasteiger partial charge in [-0.1, -0.05) is 96.8 Å². The minimum atomic E-state index is -3.01. The minimum Gasteiger partial charge on any atom is -0.481 e. The first-order valence-electron chi connectivity index (χ1n) is 15.4. The first-order valence-corrected chi connectivity index (χ1v) is 15.4. The zero-order valence-electron chi connectivity index (χ0n) is 25.1. The molecule has 1 aliphatic rings. The average molecular weight is 617 g/mol. The number of carboxylic acid groups (broad SMARTS) is 2. The Hall–Kier alpha value is -3.06. The smallest absolute Gasteiger partial charge is 0.379 e. The highest BCUT2D eigenvalue weighted by molar-refractivity contribution is 6.37. The molecule has 0 amide bonds. The maximum atomic E-state index is 12.4. The Bertz CT molecular complexity index is 918. The van der Waals surface area contributed by atoms with Gasteiger partial charge in [0.15, 0.2) is 17.8 Å². The molecular formula is C30H48O13. The van der Waals surface area contributed by atoms with E-state index >= 15 is 0 Å². The van der Waals surface area contributed by atoms with E-state index in [0.717, 1.165) is 25.7 Å². The van der Waals surface area contributed by atoms with Crippen LogP contribution >= 0.6 is 0 Å². The Morgan fingerprint density at radius 3 is 1.72 bits per heavy atom. The van der Waals surface area contributed by atoms with Crippen molar-refractivity contribution in [3.63, 3.8) is 0 Å². The summed E-state index contributed by atoms with van der Waals surface area (Å²) < 4.78 is 14.8. The van der Waals surface area contributed by atoms with Crippen LogP contribution < -0.4 is 0 Å². The Kier molecular flexibility index (Phi) is 18.3. The molecule has 4 atom stereocenters. The molecular weight excluding hydrogens is 568 g/mol. The van der Waals surface area contributed by atoms with E-state index in [-0.39, 0.29) is 6.42 Å². The molecule has 1 rings (SSSR count). The van der Waals surface area contributed by atoms with Crippen LogP contribution in [0.2, 0.25) is 0 Å². The van der Waals surface area contributed by atoms with Crippen LogP contribution in [0.25, 0.3) is 0 Å². The third-order valence-corrected chi connectivity index (χ3v) is 7.35. The summed E-state index contributed by atoms with van der Waals surface area (Å²) in [6, 6.07) is 0. The summed E-state index contributed by atoms with van der Waals surface area (Å²) in [5, 5.41) is 37.6. The lowest BCUT2D eigenvalue weighted by Crippen LogP contribution is -2.47. The van der Waals surface area contributed by atoms with Gasteiger partial charge in [-0.3, -0.25) is 19.2 Å². The molecule has 0 aromatic carbocycles. The van der Waals surface area contributed by atoms with E-state index in [4.69, 9.17) is 24.4 Å². The van der Waals surface area contributed by atoms with Crippen molar-refractivity contribution >= 4 is 35.6 Å². The van der Waals surface area contributed by atoms with Crippen molar-refractivity contribution in [3.05, 3.63) is 0 Å². The lowest BCUT2D eigenvalue weighted by Gasteiger charge is -2.26. The molecule has 1 heterocycles. The van der Waals surface area contributed by atoms with Crippen LogP contribution in [-0.4, -0.2) is 86.6 Å². The van der Waals surface area contributed by atoms with Crippen LogP contribution in [-0.2, 0) is 43.0 Å². The largest absolute Gasteiger partial charge is 0.481 e. The topological polar surface area (TPSA) is 211 Å². The summed E-state index contributed by atoms with van der Waals surface area (Å²) in [5.41, 5.74) is -3.01. The zero-order chi connectivity index (χ0) is 32.3. The van der Waals surface area contributed by atoms with Crippen LogP contribution in [0.3, 0.4) is 0 Å². The van der Waals surface area contributed by atoms with Gasteiger partial charge in [-0.05, 0) is 6.42 Å². The SMILES string of the molecule is CCCCCCCCCCCCCCCCCC(=O)OC1C(=O)C(=O)O[C@@H]1[C@H](CO)OC(=O)CC(O)(CC(=O)O)C(=O)O. The normalized spacial score (nSPS) is 18.5. The molecule has 13 heteroatoms. The highest BCUT2D eigenvalue weighted by atomic mass is 16.6. The second-order valence-corrected chi connectivity index (χ2v) is 11.1. The third kappa shape index (κ3) is 14.8. The number of carbonyl (C=O) groups excluding carboxylic acids is 4. The van der Waals surface area contributed by atoms with Crippen molar-refractivity contribution < 1.29 is 63.4 Å².